The molecule has 4 nitrogen and oxygen atoms in total. The number of hydrogen-bond donors (Lipinski definition) is 0. The van der Waals surface area contributed by atoms with Gasteiger partial charge in [0.05, 0.1) is 11.4 Å². The van der Waals surface area contributed by atoms with Crippen molar-refractivity contribution in [3.63, 3.8) is 0 Å². The quantitative estimate of drug-likeness (QED) is 0.165. The third-order valence-corrected chi connectivity index (χ3v) is 14.6. The van der Waals surface area contributed by atoms with Gasteiger partial charge in [-0.3, -0.25) is 0 Å². The smallest absolute Gasteiger partial charge is 0.252 e. The first-order valence-corrected chi connectivity index (χ1v) is 24.0. The van der Waals surface area contributed by atoms with Crippen LogP contribution in [0.1, 0.15) is 58.2 Å². The van der Waals surface area contributed by atoms with Crippen LogP contribution in [0.3, 0.4) is 0 Å². The molecule has 68 heavy (non-hydrogen) atoms. The average molecular weight is 879 g/mol. The van der Waals surface area contributed by atoms with Crippen molar-refractivity contribution in [3.05, 3.63) is 199 Å². The Morgan fingerprint density at radius 2 is 0.809 bits per heavy atom. The second-order valence-corrected chi connectivity index (χ2v) is 21.0. The van der Waals surface area contributed by atoms with Crippen LogP contribution in [-0.2, 0) is 10.8 Å². The van der Waals surface area contributed by atoms with E-state index in [2.05, 4.69) is 240 Å². The molecule has 0 atom stereocenters. The molecule has 0 amide bonds. The predicted molar refractivity (Wildman–Crippen MR) is 288 cm³/mol. The highest BCUT2D eigenvalue weighted by Crippen LogP contribution is 2.53. The Kier molecular flexibility index (Phi) is 8.71. The van der Waals surface area contributed by atoms with Crippen LogP contribution in [0.2, 0.25) is 0 Å². The van der Waals surface area contributed by atoms with Gasteiger partial charge in [0.2, 0.25) is 0 Å². The normalized spacial score (nSPS) is 13.4. The van der Waals surface area contributed by atoms with E-state index in [4.69, 9.17) is 8.83 Å². The molecule has 0 spiro atoms. The van der Waals surface area contributed by atoms with Gasteiger partial charge in [-0.25, -0.2) is 0 Å². The van der Waals surface area contributed by atoms with Crippen molar-refractivity contribution in [3.8, 4) is 22.3 Å². The Hall–Kier alpha value is -7.76. The van der Waals surface area contributed by atoms with Crippen molar-refractivity contribution in [1.29, 1.82) is 0 Å². The summed E-state index contributed by atoms with van der Waals surface area (Å²) in [7, 11) is 0. The second-order valence-electron chi connectivity index (χ2n) is 21.0. The summed E-state index contributed by atoms with van der Waals surface area (Å²) in [5, 5.41) is 4.40. The third-order valence-electron chi connectivity index (χ3n) is 14.6. The molecular weight excluding hydrogens is 828 g/mol. The minimum atomic E-state index is -0.0947. The molecule has 0 radical (unpaired) electrons. The average Bonchev–Trinajstić information content (AvgIpc) is 3.92. The van der Waals surface area contributed by atoms with Crippen LogP contribution >= 0.6 is 0 Å². The number of benzene rings is 9. The van der Waals surface area contributed by atoms with Crippen molar-refractivity contribution >= 4 is 101 Å². The zero-order valence-corrected chi connectivity index (χ0v) is 39.6. The van der Waals surface area contributed by atoms with E-state index < -0.39 is 0 Å². The van der Waals surface area contributed by atoms with Gasteiger partial charge in [0.15, 0.2) is 11.2 Å². The molecule has 2 aromatic heterocycles. The molecule has 13 rings (SSSR count). The van der Waals surface area contributed by atoms with Crippen LogP contribution in [-0.4, -0.2) is 6.71 Å². The molecule has 2 aliphatic heterocycles. The first kappa shape index (κ1) is 40.5. The van der Waals surface area contributed by atoms with E-state index in [1.165, 1.54) is 27.5 Å². The van der Waals surface area contributed by atoms with Crippen LogP contribution in [0.25, 0.3) is 66.1 Å². The summed E-state index contributed by atoms with van der Waals surface area (Å²) < 4.78 is 14.2. The second kappa shape index (κ2) is 14.6. The van der Waals surface area contributed by atoms with Crippen molar-refractivity contribution < 1.29 is 8.83 Å². The number of nitrogens with zero attached hydrogens (tertiary/aromatic N) is 2. The molecule has 328 valence electrons. The number of fused-ring (bicyclic) bond motifs is 10. The zero-order chi connectivity index (χ0) is 46.2. The summed E-state index contributed by atoms with van der Waals surface area (Å²) >= 11 is 0. The molecule has 4 heterocycles. The Balaban J connectivity index is 1.21. The molecule has 5 heteroatoms. The van der Waals surface area contributed by atoms with Crippen molar-refractivity contribution in [2.24, 2.45) is 0 Å². The Bertz CT molecular complexity index is 3600. The highest BCUT2D eigenvalue weighted by atomic mass is 16.3. The van der Waals surface area contributed by atoms with Crippen molar-refractivity contribution in [1.82, 2.24) is 0 Å². The lowest BCUT2D eigenvalue weighted by atomic mass is 9.33. The Morgan fingerprint density at radius 1 is 0.397 bits per heavy atom. The van der Waals surface area contributed by atoms with Crippen LogP contribution in [0.15, 0.2) is 191 Å². The number of anilines is 6. The summed E-state index contributed by atoms with van der Waals surface area (Å²) in [5.41, 5.74) is 22.0. The fourth-order valence-electron chi connectivity index (χ4n) is 11.3. The lowest BCUT2D eigenvalue weighted by molar-refractivity contribution is 0.590. The van der Waals surface area contributed by atoms with Gasteiger partial charge in [-0.05, 0) is 110 Å². The van der Waals surface area contributed by atoms with E-state index in [0.29, 0.717) is 0 Å². The van der Waals surface area contributed by atoms with Crippen LogP contribution in [0.4, 0.5) is 34.1 Å². The van der Waals surface area contributed by atoms with Gasteiger partial charge in [-0.1, -0.05) is 175 Å². The van der Waals surface area contributed by atoms with Gasteiger partial charge in [0.25, 0.3) is 6.71 Å². The number of furan rings is 2. The largest absolute Gasteiger partial charge is 0.454 e. The molecular formula is C63H51BN2O2. The number of aryl methyl sites for hydroxylation is 1. The highest BCUT2D eigenvalue weighted by Gasteiger charge is 2.46. The minimum Gasteiger partial charge on any atom is -0.454 e. The summed E-state index contributed by atoms with van der Waals surface area (Å²) in [6.45, 7) is 16.1. The van der Waals surface area contributed by atoms with Gasteiger partial charge in [-0.15, -0.1) is 0 Å². The number of rotatable bonds is 4. The molecule has 0 N–H and O–H groups in total. The summed E-state index contributed by atoms with van der Waals surface area (Å²) in [6.07, 6.45) is 0. The van der Waals surface area contributed by atoms with Gasteiger partial charge >= 0.3 is 0 Å². The van der Waals surface area contributed by atoms with Gasteiger partial charge in [-0.2, -0.15) is 0 Å². The molecule has 0 aliphatic carbocycles. The number of hydrogen-bond acceptors (Lipinski definition) is 4. The van der Waals surface area contributed by atoms with E-state index in [9.17, 15) is 0 Å². The fourth-order valence-corrected chi connectivity index (χ4v) is 11.3. The highest BCUT2D eigenvalue weighted by molar-refractivity contribution is 7.00. The minimum absolute atomic E-state index is 0.0900. The molecule has 0 fully saturated rings. The fraction of sp³-hybridized carbons (Fsp3) is 0.143. The van der Waals surface area contributed by atoms with Gasteiger partial charge < -0.3 is 18.6 Å². The summed E-state index contributed by atoms with van der Waals surface area (Å²) in [6, 6.07) is 67.0. The first-order valence-electron chi connectivity index (χ1n) is 24.0. The molecule has 11 aromatic rings. The summed E-state index contributed by atoms with van der Waals surface area (Å²) in [5.74, 6) is 0. The SMILES string of the molecule is Cc1cc2c3c(c1)N(c1c(-c4ccccc4)ccc4c1oc1ccccc14)c1ccc(C(C)(C)C)cc1B3c1cc(C(C)(C)C)ccc1N2c1c(-c2ccccc2)ccc2c1oc1ccccc12. The van der Waals surface area contributed by atoms with Gasteiger partial charge in [0.1, 0.15) is 11.2 Å². The third kappa shape index (κ3) is 6.01. The topological polar surface area (TPSA) is 32.8 Å². The predicted octanol–water partition coefficient (Wildman–Crippen LogP) is 15.8. The van der Waals surface area contributed by atoms with E-state index in [-0.39, 0.29) is 17.5 Å². The van der Waals surface area contributed by atoms with E-state index in [0.717, 1.165) is 106 Å². The summed E-state index contributed by atoms with van der Waals surface area (Å²) in [4.78, 5) is 5.10. The molecule has 0 saturated carbocycles. The van der Waals surface area contributed by atoms with Crippen LogP contribution < -0.4 is 26.2 Å². The standard InChI is InChI=1S/C63H51BN2O2/c1-38-34-53-57-54(35-38)66(59-44(40-20-12-9-13-21-40)29-31-48-46-23-15-17-25-56(46)68-61(48)59)52-33-27-42(63(5,6)7)37-50(52)64(57)49-36-41(62(2,3)4)26-32-51(49)65(53)58-43(39-18-10-8-11-19-39)28-30-47-45-22-14-16-24-55(45)67-60(47)58/h8-37H,1-7H3. The Labute approximate surface area is 398 Å². The Morgan fingerprint density at radius 3 is 1.24 bits per heavy atom. The van der Waals surface area contributed by atoms with Crippen molar-refractivity contribution in [2.75, 3.05) is 9.80 Å². The maximum Gasteiger partial charge on any atom is 0.252 e. The molecule has 2 aliphatic rings. The van der Waals surface area contributed by atoms with E-state index in [1.807, 2.05) is 0 Å². The van der Waals surface area contributed by atoms with E-state index in [1.54, 1.807) is 0 Å². The van der Waals surface area contributed by atoms with E-state index >= 15 is 0 Å². The maximum atomic E-state index is 7.11. The van der Waals surface area contributed by atoms with Crippen molar-refractivity contribution in [2.45, 2.75) is 59.3 Å². The molecule has 9 aromatic carbocycles. The number of para-hydroxylation sites is 2. The van der Waals surface area contributed by atoms with Gasteiger partial charge in [0, 0.05) is 55.4 Å². The maximum absolute atomic E-state index is 7.11. The molecule has 0 saturated heterocycles. The van der Waals surface area contributed by atoms with Crippen LogP contribution in [0.5, 0.6) is 0 Å². The monoisotopic (exact) mass is 878 g/mol. The lowest BCUT2D eigenvalue weighted by Crippen LogP contribution is -2.61. The zero-order valence-electron chi connectivity index (χ0n) is 39.6. The molecule has 0 bridgehead atoms. The van der Waals surface area contributed by atoms with Crippen LogP contribution in [0, 0.1) is 6.92 Å². The lowest BCUT2D eigenvalue weighted by Gasteiger charge is -2.45. The molecule has 0 unspecified atom stereocenters. The first-order chi connectivity index (χ1) is 32.9.